The Kier molecular flexibility index (Phi) is 3.69. The Bertz CT molecular complexity index is 1100. The zero-order valence-corrected chi connectivity index (χ0v) is 13.8. The van der Waals surface area contributed by atoms with Gasteiger partial charge in [0.15, 0.2) is 5.75 Å². The van der Waals surface area contributed by atoms with Gasteiger partial charge in [0.2, 0.25) is 0 Å². The van der Waals surface area contributed by atoms with Crippen LogP contribution in [0.1, 0.15) is 17.0 Å². The Morgan fingerprint density at radius 3 is 2.46 bits per heavy atom. The van der Waals surface area contributed by atoms with Crippen molar-refractivity contribution >= 4 is 11.0 Å². The number of para-hydroxylation sites is 1. The van der Waals surface area contributed by atoms with Crippen molar-refractivity contribution in [2.45, 2.75) is 5.92 Å². The first-order valence-corrected chi connectivity index (χ1v) is 7.96. The largest absolute Gasteiger partial charge is 0.434 e. The topological polar surface area (TPSA) is 94.6 Å². The second-order valence-corrected chi connectivity index (χ2v) is 5.80. The molecule has 3 aromatic rings. The second-order valence-electron chi connectivity index (χ2n) is 5.80. The van der Waals surface area contributed by atoms with Crippen molar-refractivity contribution in [1.82, 2.24) is 5.32 Å². The molecule has 2 heterocycles. The standard InChI is InChI=1S/C19H14N2O5/c1-20-18-16(21(23)24)14(11-7-3-2-4-8-11)15-17(26-18)12-9-5-6-10-13(12)25-19(15)22/h2-10,14,20H,1H3. The third kappa shape index (κ3) is 2.33. The quantitative estimate of drug-likeness (QED) is 0.443. The molecular weight excluding hydrogens is 336 g/mol. The average molecular weight is 350 g/mol. The van der Waals surface area contributed by atoms with Crippen LogP contribution in [0.2, 0.25) is 0 Å². The Hall–Kier alpha value is -3.61. The molecule has 7 nitrogen and oxygen atoms in total. The summed E-state index contributed by atoms with van der Waals surface area (Å²) in [6.45, 7) is 0. The van der Waals surface area contributed by atoms with Gasteiger partial charge in [0.25, 0.3) is 5.88 Å². The van der Waals surface area contributed by atoms with Gasteiger partial charge in [-0.05, 0) is 17.7 Å². The highest BCUT2D eigenvalue weighted by atomic mass is 16.6. The number of fused-ring (bicyclic) bond motifs is 3. The van der Waals surface area contributed by atoms with E-state index < -0.39 is 16.5 Å². The predicted molar refractivity (Wildman–Crippen MR) is 94.5 cm³/mol. The number of hydrogen-bond acceptors (Lipinski definition) is 6. The number of nitro groups is 1. The molecule has 1 aliphatic heterocycles. The molecular formula is C19H14N2O5. The van der Waals surface area contributed by atoms with E-state index in [2.05, 4.69) is 5.32 Å². The SMILES string of the molecule is CNC1=C([N+](=O)[O-])C(c2ccccc2)c2c(c3ccccc3oc2=O)O1. The van der Waals surface area contributed by atoms with Crippen LogP contribution >= 0.6 is 0 Å². The summed E-state index contributed by atoms with van der Waals surface area (Å²) in [5.74, 6) is -0.619. The monoisotopic (exact) mass is 350 g/mol. The first-order valence-electron chi connectivity index (χ1n) is 7.96. The van der Waals surface area contributed by atoms with Crippen molar-refractivity contribution in [1.29, 1.82) is 0 Å². The molecule has 26 heavy (non-hydrogen) atoms. The molecule has 1 aromatic heterocycles. The first kappa shape index (κ1) is 15.9. The Labute approximate surface area is 147 Å². The van der Waals surface area contributed by atoms with E-state index in [0.29, 0.717) is 16.5 Å². The van der Waals surface area contributed by atoms with E-state index in [1.807, 2.05) is 0 Å². The Balaban J connectivity index is 2.11. The number of nitrogens with zero attached hydrogens (tertiary/aromatic N) is 1. The van der Waals surface area contributed by atoms with Gasteiger partial charge < -0.3 is 14.5 Å². The highest BCUT2D eigenvalue weighted by Gasteiger charge is 2.42. The van der Waals surface area contributed by atoms with Crippen LogP contribution in [-0.4, -0.2) is 12.0 Å². The molecule has 1 atom stereocenters. The molecule has 1 N–H and O–H groups in total. The highest BCUT2D eigenvalue weighted by molar-refractivity contribution is 5.85. The van der Waals surface area contributed by atoms with Crippen molar-refractivity contribution in [2.75, 3.05) is 7.05 Å². The van der Waals surface area contributed by atoms with Gasteiger partial charge >= 0.3 is 11.3 Å². The maximum Gasteiger partial charge on any atom is 0.344 e. The van der Waals surface area contributed by atoms with Crippen LogP contribution in [0.5, 0.6) is 5.75 Å². The number of ether oxygens (including phenoxy) is 1. The summed E-state index contributed by atoms with van der Waals surface area (Å²) in [4.78, 5) is 24.0. The smallest absolute Gasteiger partial charge is 0.344 e. The van der Waals surface area contributed by atoms with Gasteiger partial charge in [-0.1, -0.05) is 42.5 Å². The van der Waals surface area contributed by atoms with Crippen molar-refractivity contribution in [2.24, 2.45) is 0 Å². The summed E-state index contributed by atoms with van der Waals surface area (Å²) in [7, 11) is 1.54. The van der Waals surface area contributed by atoms with Crippen LogP contribution in [-0.2, 0) is 0 Å². The normalized spacial score (nSPS) is 16.1. The van der Waals surface area contributed by atoms with Gasteiger partial charge in [-0.25, -0.2) is 4.79 Å². The number of rotatable bonds is 3. The lowest BCUT2D eigenvalue weighted by molar-refractivity contribution is -0.432. The van der Waals surface area contributed by atoms with Gasteiger partial charge in [0.1, 0.15) is 11.5 Å². The summed E-state index contributed by atoms with van der Waals surface area (Å²) >= 11 is 0. The molecule has 130 valence electrons. The zero-order chi connectivity index (χ0) is 18.3. The number of allylic oxidation sites excluding steroid dienone is 1. The molecule has 0 aliphatic carbocycles. The maximum absolute atomic E-state index is 12.7. The lowest BCUT2D eigenvalue weighted by atomic mass is 9.87. The van der Waals surface area contributed by atoms with E-state index in [4.69, 9.17) is 9.15 Å². The van der Waals surface area contributed by atoms with Crippen LogP contribution < -0.4 is 15.7 Å². The summed E-state index contributed by atoms with van der Waals surface area (Å²) < 4.78 is 11.2. The molecule has 0 amide bonds. The third-order valence-corrected chi connectivity index (χ3v) is 4.35. The first-order chi connectivity index (χ1) is 12.6. The predicted octanol–water partition coefficient (Wildman–Crippen LogP) is 2.98. The highest BCUT2D eigenvalue weighted by Crippen LogP contribution is 2.43. The Morgan fingerprint density at radius 2 is 1.77 bits per heavy atom. The summed E-state index contributed by atoms with van der Waals surface area (Å²) in [5, 5.41) is 15.1. The van der Waals surface area contributed by atoms with Crippen molar-refractivity contribution in [3.05, 3.63) is 97.8 Å². The molecule has 0 saturated carbocycles. The molecule has 1 aliphatic rings. The molecule has 0 bridgehead atoms. The lowest BCUT2D eigenvalue weighted by Crippen LogP contribution is -2.31. The van der Waals surface area contributed by atoms with Crippen molar-refractivity contribution in [3.63, 3.8) is 0 Å². The van der Waals surface area contributed by atoms with Crippen molar-refractivity contribution in [3.8, 4) is 5.75 Å². The fourth-order valence-electron chi connectivity index (χ4n) is 3.25. The van der Waals surface area contributed by atoms with E-state index in [9.17, 15) is 14.9 Å². The molecule has 1 unspecified atom stereocenters. The van der Waals surface area contributed by atoms with Crippen LogP contribution in [0.3, 0.4) is 0 Å². The van der Waals surface area contributed by atoms with Crippen LogP contribution in [0.25, 0.3) is 11.0 Å². The minimum absolute atomic E-state index is 0.00658. The average Bonchev–Trinajstić information content (AvgIpc) is 2.67. The molecule has 4 rings (SSSR count). The van der Waals surface area contributed by atoms with E-state index in [1.165, 1.54) is 0 Å². The number of benzene rings is 2. The van der Waals surface area contributed by atoms with Crippen LogP contribution in [0.15, 0.2) is 75.4 Å². The van der Waals surface area contributed by atoms with Gasteiger partial charge in [-0.15, -0.1) is 0 Å². The van der Waals surface area contributed by atoms with Crippen LogP contribution in [0.4, 0.5) is 0 Å². The van der Waals surface area contributed by atoms with Gasteiger partial charge in [0.05, 0.1) is 15.9 Å². The summed E-state index contributed by atoms with van der Waals surface area (Å²) in [6, 6.07) is 15.8. The van der Waals surface area contributed by atoms with E-state index in [-0.39, 0.29) is 22.9 Å². The van der Waals surface area contributed by atoms with E-state index >= 15 is 0 Å². The second kappa shape index (κ2) is 6.03. The fraction of sp³-hybridized carbons (Fsp3) is 0.105. The minimum Gasteiger partial charge on any atom is -0.434 e. The van der Waals surface area contributed by atoms with Crippen LogP contribution in [0, 0.1) is 10.1 Å². The molecule has 0 fully saturated rings. The summed E-state index contributed by atoms with van der Waals surface area (Å²) in [6.07, 6.45) is 0. The molecule has 7 heteroatoms. The Morgan fingerprint density at radius 1 is 1.08 bits per heavy atom. The van der Waals surface area contributed by atoms with Gasteiger partial charge in [0, 0.05) is 7.05 Å². The molecule has 0 saturated heterocycles. The molecule has 0 radical (unpaired) electrons. The third-order valence-electron chi connectivity index (χ3n) is 4.35. The van der Waals surface area contributed by atoms with E-state index in [1.54, 1.807) is 61.6 Å². The summed E-state index contributed by atoms with van der Waals surface area (Å²) in [5.41, 5.74) is 0.221. The fourth-order valence-corrected chi connectivity index (χ4v) is 3.25. The van der Waals surface area contributed by atoms with Gasteiger partial charge in [-0.2, -0.15) is 0 Å². The number of nitrogens with one attached hydrogen (secondary N) is 1. The van der Waals surface area contributed by atoms with Gasteiger partial charge in [-0.3, -0.25) is 10.1 Å². The molecule has 2 aromatic carbocycles. The lowest BCUT2D eigenvalue weighted by Gasteiger charge is -2.25. The molecule has 0 spiro atoms. The zero-order valence-electron chi connectivity index (χ0n) is 13.8. The maximum atomic E-state index is 12.7. The minimum atomic E-state index is -0.904. The number of hydrogen-bond donors (Lipinski definition) is 1. The van der Waals surface area contributed by atoms with E-state index in [0.717, 1.165) is 0 Å². The van der Waals surface area contributed by atoms with Crippen molar-refractivity contribution < 1.29 is 14.1 Å².